The normalized spacial score (nSPS) is 21.6. The first kappa shape index (κ1) is 40.6. The predicted molar refractivity (Wildman–Crippen MR) is 215 cm³/mol. The van der Waals surface area contributed by atoms with Crippen LogP contribution < -0.4 is 25.8 Å². The SMILES string of the molecule is N#Cc1c(N)sc2c(F)ccc(-c3c(C(F)(F)F)c4c5c(nc(OC[C@@]67CCCN6C[C@H](F)C7)nc5c3F)N([C@H](CCC3CCOCC3)c3cc(Cl)cnc3N)CCO4)c12. The van der Waals surface area contributed by atoms with Crippen LogP contribution in [0, 0.1) is 28.9 Å². The smallest absolute Gasteiger partial charge is 0.420 e. The van der Waals surface area contributed by atoms with Crippen LogP contribution in [0.1, 0.15) is 67.7 Å². The molecule has 0 aliphatic carbocycles. The van der Waals surface area contributed by atoms with Crippen molar-refractivity contribution in [1.82, 2.24) is 19.9 Å². The number of alkyl halides is 4. The maximum absolute atomic E-state index is 17.8. The zero-order valence-electron chi connectivity index (χ0n) is 32.1. The largest absolute Gasteiger partial charge is 0.490 e. The van der Waals surface area contributed by atoms with Gasteiger partial charge in [-0.2, -0.15) is 28.4 Å². The van der Waals surface area contributed by atoms with Crippen molar-refractivity contribution in [1.29, 1.82) is 5.26 Å². The zero-order chi connectivity index (χ0) is 42.1. The van der Waals surface area contributed by atoms with Gasteiger partial charge in [-0.05, 0) is 68.7 Å². The summed E-state index contributed by atoms with van der Waals surface area (Å²) in [5.41, 5.74) is 8.56. The standard InChI is InChI=1S/C41H39ClF6N8O3S/c42-21-14-24(36(50)52-17-21)27(5-2-20-6-11-57-12-7-20)56-10-13-58-34-30-33(53-39(54-38(30)56)59-19-40-8-1-9-55(40)18-22(43)15-40)32(45)29(31(34)41(46,47)48)23-3-4-26(44)35-28(23)25(16-49)37(51)60-35/h3-4,14,17,20,22,27H,1-2,5-13,15,18-19,51H2,(H2,50,52)/t22-,27-,40+/m1/s1. The van der Waals surface area contributed by atoms with Crippen molar-refractivity contribution in [2.75, 3.05) is 62.4 Å². The lowest BCUT2D eigenvalue weighted by Crippen LogP contribution is -2.43. The summed E-state index contributed by atoms with van der Waals surface area (Å²) in [6, 6.07) is 4.32. The van der Waals surface area contributed by atoms with Gasteiger partial charge in [-0.25, -0.2) is 18.2 Å². The van der Waals surface area contributed by atoms with Crippen molar-refractivity contribution in [2.24, 2.45) is 5.92 Å². The van der Waals surface area contributed by atoms with Gasteiger partial charge in [-0.15, -0.1) is 11.3 Å². The van der Waals surface area contributed by atoms with Crippen LogP contribution in [-0.4, -0.2) is 77.6 Å². The second kappa shape index (κ2) is 15.6. The van der Waals surface area contributed by atoms with Crippen LogP contribution in [0.3, 0.4) is 0 Å². The van der Waals surface area contributed by atoms with E-state index >= 15 is 22.0 Å². The molecule has 19 heteroatoms. The molecule has 3 aromatic heterocycles. The maximum Gasteiger partial charge on any atom is 0.420 e. The number of aromatic nitrogens is 3. The molecule has 7 heterocycles. The summed E-state index contributed by atoms with van der Waals surface area (Å²) in [6.07, 6.45) is -0.636. The van der Waals surface area contributed by atoms with E-state index in [2.05, 4.69) is 9.97 Å². The number of hydrogen-bond donors (Lipinski definition) is 2. The third-order valence-electron chi connectivity index (χ3n) is 12.4. The quantitative estimate of drug-likeness (QED) is 0.137. The molecule has 0 unspecified atom stereocenters. The fourth-order valence-corrected chi connectivity index (χ4v) is 10.8. The Morgan fingerprint density at radius 3 is 2.68 bits per heavy atom. The molecule has 4 aliphatic rings. The molecule has 0 saturated carbocycles. The van der Waals surface area contributed by atoms with Gasteiger partial charge >= 0.3 is 12.2 Å². The molecule has 0 spiro atoms. The van der Waals surface area contributed by atoms with E-state index < -0.39 is 63.5 Å². The van der Waals surface area contributed by atoms with Gasteiger partial charge in [0, 0.05) is 48.9 Å². The van der Waals surface area contributed by atoms with Gasteiger partial charge in [-0.1, -0.05) is 17.7 Å². The van der Waals surface area contributed by atoms with Crippen molar-refractivity contribution < 1.29 is 40.6 Å². The molecular formula is C41H39ClF6N8O3S. The minimum absolute atomic E-state index is 0.0550. The molecule has 4 N–H and O–H groups in total. The molecule has 2 aromatic carbocycles. The number of ether oxygens (including phenoxy) is 3. The van der Waals surface area contributed by atoms with E-state index in [0.717, 1.165) is 31.4 Å². The van der Waals surface area contributed by atoms with Crippen molar-refractivity contribution in [3.63, 3.8) is 0 Å². The predicted octanol–water partition coefficient (Wildman–Crippen LogP) is 9.00. The van der Waals surface area contributed by atoms with Crippen molar-refractivity contribution in [3.8, 4) is 29.0 Å². The van der Waals surface area contributed by atoms with E-state index in [9.17, 15) is 9.65 Å². The van der Waals surface area contributed by atoms with Crippen LogP contribution in [-0.2, 0) is 10.9 Å². The highest BCUT2D eigenvalue weighted by atomic mass is 35.5. The van der Waals surface area contributed by atoms with Crippen LogP contribution >= 0.6 is 22.9 Å². The Morgan fingerprint density at radius 2 is 1.92 bits per heavy atom. The van der Waals surface area contributed by atoms with Crippen molar-refractivity contribution >= 4 is 60.6 Å². The Bertz CT molecular complexity index is 2550. The molecule has 3 saturated heterocycles. The number of pyridine rings is 1. The highest BCUT2D eigenvalue weighted by Crippen LogP contribution is 2.54. The minimum atomic E-state index is -5.27. The van der Waals surface area contributed by atoms with Crippen LogP contribution in [0.5, 0.6) is 11.8 Å². The summed E-state index contributed by atoms with van der Waals surface area (Å²) in [4.78, 5) is 17.2. The number of nitrogens with zero attached hydrogens (tertiary/aromatic N) is 6. The molecule has 3 atom stereocenters. The number of nitrogen functional groups attached to an aromatic ring is 2. The molecule has 0 amide bonds. The lowest BCUT2D eigenvalue weighted by molar-refractivity contribution is -0.138. The number of nitriles is 1. The lowest BCUT2D eigenvalue weighted by Gasteiger charge is -2.35. The van der Waals surface area contributed by atoms with Gasteiger partial charge in [0.1, 0.15) is 64.7 Å². The molecule has 316 valence electrons. The van der Waals surface area contributed by atoms with Gasteiger partial charge in [0.15, 0.2) is 5.82 Å². The number of halogens is 7. The molecule has 0 radical (unpaired) electrons. The molecule has 5 aromatic rings. The van der Waals surface area contributed by atoms with Gasteiger partial charge in [-0.3, -0.25) is 4.90 Å². The van der Waals surface area contributed by atoms with Crippen molar-refractivity contribution in [3.05, 3.63) is 57.7 Å². The molecular weight excluding hydrogens is 834 g/mol. The lowest BCUT2D eigenvalue weighted by atomic mass is 9.89. The minimum Gasteiger partial charge on any atom is -0.490 e. The molecule has 60 heavy (non-hydrogen) atoms. The third kappa shape index (κ3) is 6.96. The third-order valence-corrected chi connectivity index (χ3v) is 13.6. The summed E-state index contributed by atoms with van der Waals surface area (Å²) >= 11 is 7.15. The molecule has 11 nitrogen and oxygen atoms in total. The Labute approximate surface area is 349 Å². The highest BCUT2D eigenvalue weighted by Gasteiger charge is 2.50. The average Bonchev–Trinajstić information content (AvgIpc) is 3.82. The Hall–Kier alpha value is -4.83. The first-order valence-electron chi connectivity index (χ1n) is 19.7. The van der Waals surface area contributed by atoms with Crippen LogP contribution in [0.25, 0.3) is 32.1 Å². The van der Waals surface area contributed by atoms with Gasteiger partial charge in [0.05, 0.1) is 38.8 Å². The summed E-state index contributed by atoms with van der Waals surface area (Å²) in [7, 11) is 0. The Balaban J connectivity index is 1.30. The summed E-state index contributed by atoms with van der Waals surface area (Å²) in [5, 5.41) is 9.50. The average molecular weight is 873 g/mol. The van der Waals surface area contributed by atoms with Crippen LogP contribution in [0.4, 0.5) is 43.0 Å². The number of benzene rings is 2. The number of anilines is 3. The second-order valence-electron chi connectivity index (χ2n) is 15.9. The van der Waals surface area contributed by atoms with E-state index in [1.807, 2.05) is 11.0 Å². The van der Waals surface area contributed by atoms with Crippen LogP contribution in [0.2, 0.25) is 5.02 Å². The number of thiophene rings is 1. The van der Waals surface area contributed by atoms with Crippen LogP contribution in [0.15, 0.2) is 24.4 Å². The van der Waals surface area contributed by atoms with E-state index in [0.29, 0.717) is 55.9 Å². The van der Waals surface area contributed by atoms with Gasteiger partial charge < -0.3 is 30.6 Å². The van der Waals surface area contributed by atoms with Crippen molar-refractivity contribution in [2.45, 2.75) is 68.9 Å². The number of hydrogen-bond acceptors (Lipinski definition) is 12. The number of nitrogens with two attached hydrogens (primary N) is 2. The van der Waals surface area contributed by atoms with E-state index in [1.54, 1.807) is 11.0 Å². The van der Waals surface area contributed by atoms with E-state index in [1.165, 1.54) is 6.20 Å². The fraction of sp³-hybridized carbons (Fsp3) is 0.463. The molecule has 3 fully saturated rings. The van der Waals surface area contributed by atoms with E-state index in [-0.39, 0.29) is 87.3 Å². The number of fused-ring (bicyclic) bond motifs is 2. The molecule has 4 aliphatic heterocycles. The fourth-order valence-electron chi connectivity index (χ4n) is 9.66. The first-order valence-corrected chi connectivity index (χ1v) is 20.9. The maximum atomic E-state index is 17.8. The molecule has 0 bridgehead atoms. The van der Waals surface area contributed by atoms with Gasteiger partial charge in [0.2, 0.25) is 0 Å². The summed E-state index contributed by atoms with van der Waals surface area (Å²) < 4.78 is 113. The monoisotopic (exact) mass is 872 g/mol. The second-order valence-corrected chi connectivity index (χ2v) is 17.4. The van der Waals surface area contributed by atoms with Gasteiger partial charge in [0.25, 0.3) is 0 Å². The zero-order valence-corrected chi connectivity index (χ0v) is 33.6. The highest BCUT2D eigenvalue weighted by molar-refractivity contribution is 7.23. The first-order chi connectivity index (χ1) is 28.8. The van der Waals surface area contributed by atoms with E-state index in [4.69, 9.17) is 42.3 Å². The summed E-state index contributed by atoms with van der Waals surface area (Å²) in [5.74, 6) is -2.76. The Kier molecular flexibility index (Phi) is 10.5. The summed E-state index contributed by atoms with van der Waals surface area (Å²) in [6.45, 7) is 1.62. The Morgan fingerprint density at radius 1 is 1.12 bits per heavy atom. The topological polar surface area (TPSA) is 149 Å². The number of rotatable bonds is 9. The molecule has 9 rings (SSSR count).